The Bertz CT molecular complexity index is 4990. The van der Waals surface area contributed by atoms with Crippen molar-refractivity contribution in [2.45, 2.75) is 287 Å². The lowest BCUT2D eigenvalue weighted by molar-refractivity contribution is -0.148. The summed E-state index contributed by atoms with van der Waals surface area (Å²) in [7, 11) is 0. The summed E-state index contributed by atoms with van der Waals surface area (Å²) in [4.78, 5) is 347. The Labute approximate surface area is 850 Å². The quantitative estimate of drug-likeness (QED) is 0.0274. The Kier molecular flexibility index (Phi) is 52.1. The second-order valence-corrected chi connectivity index (χ2v) is 37.1. The molecule has 0 spiro atoms. The molecule has 33 N–H and O–H groups in total. The number of nitrogens with two attached hydrogens (primary N) is 5. The van der Waals surface area contributed by atoms with E-state index >= 15 is 0 Å². The highest BCUT2D eigenvalue weighted by atomic mass is 32.1. The first-order chi connectivity index (χ1) is 69.0. The molecule has 2 saturated heterocycles. The van der Waals surface area contributed by atoms with Crippen molar-refractivity contribution in [1.82, 2.24) is 110 Å². The number of likely N-dealkylation sites (tertiary alicyclic amines) is 2. The number of amides is 23. The average Bonchev–Trinajstić information content (AvgIpc) is 1.65. The van der Waals surface area contributed by atoms with E-state index in [9.17, 15) is 145 Å². The fraction of sp³-hybridized carbons (Fsp3) is 0.622. The summed E-state index contributed by atoms with van der Waals surface area (Å²) in [6.07, 6.45) is -3.30. The van der Waals surface area contributed by atoms with Crippen LogP contribution >= 0.6 is 12.6 Å². The van der Waals surface area contributed by atoms with Crippen molar-refractivity contribution in [3.63, 3.8) is 0 Å². The van der Waals surface area contributed by atoms with E-state index in [0.717, 1.165) is 23.6 Å². The number of nitrogens with zero attached hydrogens (tertiary/aromatic N) is 3. The first kappa shape index (κ1) is 125. The lowest BCUT2D eigenvalue weighted by Crippen LogP contribution is -2.62. The average molecular weight is 2100 g/mol. The van der Waals surface area contributed by atoms with E-state index in [1.165, 1.54) is 50.6 Å². The van der Waals surface area contributed by atoms with Gasteiger partial charge in [-0.1, -0.05) is 73.9 Å². The summed E-state index contributed by atoms with van der Waals surface area (Å²) in [5.74, 6) is -29.5. The minimum absolute atomic E-state index is 0.0393. The number of carboxylic acids is 2. The molecule has 23 amide bonds. The number of imidazole rings is 1. The van der Waals surface area contributed by atoms with Gasteiger partial charge in [0, 0.05) is 63.6 Å². The van der Waals surface area contributed by atoms with Crippen LogP contribution in [0.1, 0.15) is 177 Å². The number of carbonyl (C=O) groups excluding carboxylic acids is 23. The van der Waals surface area contributed by atoms with Crippen molar-refractivity contribution in [3.05, 3.63) is 48.0 Å². The molecule has 1 aromatic heterocycles. The number of phenolic OH excluding ortho intramolecular Hbond substituents is 1. The van der Waals surface area contributed by atoms with Crippen LogP contribution in [-0.2, 0) is 133 Å². The number of thiol groups is 1. The van der Waals surface area contributed by atoms with Gasteiger partial charge in [0.1, 0.15) is 108 Å². The van der Waals surface area contributed by atoms with Crippen LogP contribution in [0.2, 0.25) is 0 Å². The summed E-state index contributed by atoms with van der Waals surface area (Å²) in [5.41, 5.74) is 28.2. The molecule has 1 aromatic carbocycles. The van der Waals surface area contributed by atoms with E-state index in [4.69, 9.17) is 28.7 Å². The van der Waals surface area contributed by atoms with Gasteiger partial charge in [0.2, 0.25) is 136 Å². The second kappa shape index (κ2) is 61.5. The lowest BCUT2D eigenvalue weighted by atomic mass is 9.97. The molecule has 0 radical (unpaired) electrons. The Morgan fingerprint density at radius 2 is 0.857 bits per heavy atom. The Balaban J connectivity index is 1.50. The molecule has 816 valence electrons. The summed E-state index contributed by atoms with van der Waals surface area (Å²) in [6.45, 7) is 11.2. The third-order valence-electron chi connectivity index (χ3n) is 23.7. The highest BCUT2D eigenvalue weighted by molar-refractivity contribution is 7.80. The van der Waals surface area contributed by atoms with Gasteiger partial charge in [-0.25, -0.2) is 4.98 Å². The Morgan fingerprint density at radius 3 is 1.37 bits per heavy atom. The highest BCUT2D eigenvalue weighted by Crippen LogP contribution is 2.28. The van der Waals surface area contributed by atoms with E-state index in [1.54, 1.807) is 34.6 Å². The topological polar surface area (TPSA) is 898 Å². The third-order valence-corrected chi connectivity index (χ3v) is 24.1. The minimum atomic E-state index is -2.00. The van der Waals surface area contributed by atoms with Gasteiger partial charge in [-0.3, -0.25) is 120 Å². The minimum Gasteiger partial charge on any atom is -0.508 e. The van der Waals surface area contributed by atoms with Gasteiger partial charge in [0.05, 0.1) is 50.8 Å². The van der Waals surface area contributed by atoms with Gasteiger partial charge in [-0.05, 0) is 113 Å². The van der Waals surface area contributed by atoms with Gasteiger partial charge >= 0.3 is 11.9 Å². The molecule has 0 saturated carbocycles. The zero-order chi connectivity index (χ0) is 111. The molecule has 4 rings (SSSR count). The first-order valence-electron chi connectivity index (χ1n) is 47.7. The first-order valence-corrected chi connectivity index (χ1v) is 48.3. The van der Waals surface area contributed by atoms with Crippen molar-refractivity contribution >= 4 is 160 Å². The molecular weight excluding hydrogens is 1960 g/mol. The summed E-state index contributed by atoms with van der Waals surface area (Å²) >= 11 is 4.19. The number of rotatable bonds is 64. The molecule has 0 bridgehead atoms. The maximum Gasteiger partial charge on any atom is 0.325 e. The van der Waals surface area contributed by atoms with E-state index in [-0.39, 0.29) is 74.9 Å². The highest BCUT2D eigenvalue weighted by Gasteiger charge is 2.47. The van der Waals surface area contributed by atoms with E-state index in [2.05, 4.69) is 113 Å². The summed E-state index contributed by atoms with van der Waals surface area (Å²) < 4.78 is 0. The molecule has 0 aliphatic carbocycles. The summed E-state index contributed by atoms with van der Waals surface area (Å²) in [6, 6.07) is -23.6. The molecule has 2 aliphatic rings. The number of hydrogen-bond donors (Lipinski definition) is 29. The van der Waals surface area contributed by atoms with Crippen LogP contribution in [0, 0.1) is 23.7 Å². The molecule has 56 nitrogen and oxygen atoms in total. The van der Waals surface area contributed by atoms with Crippen LogP contribution < -0.4 is 119 Å². The van der Waals surface area contributed by atoms with E-state index in [0.29, 0.717) is 12.0 Å². The number of aromatic amines is 1. The molecular formula is C90H140N26O30S. The number of carbonyl (C=O) groups is 25. The number of aromatic nitrogens is 2. The van der Waals surface area contributed by atoms with Crippen LogP contribution in [0.25, 0.3) is 0 Å². The monoisotopic (exact) mass is 2100 g/mol. The lowest BCUT2D eigenvalue weighted by Gasteiger charge is -2.33. The van der Waals surface area contributed by atoms with Crippen LogP contribution in [0.3, 0.4) is 0 Å². The number of aliphatic carboxylic acids is 2. The molecule has 3 heterocycles. The van der Waals surface area contributed by atoms with E-state index in [1.807, 2.05) is 6.92 Å². The van der Waals surface area contributed by atoms with E-state index < -0.39 is 365 Å². The molecule has 0 unspecified atom stereocenters. The van der Waals surface area contributed by atoms with Crippen molar-refractivity contribution in [2.24, 2.45) is 52.3 Å². The second-order valence-electron chi connectivity index (χ2n) is 36.7. The fourth-order valence-electron chi connectivity index (χ4n) is 15.1. The van der Waals surface area contributed by atoms with Crippen molar-refractivity contribution in [3.8, 4) is 5.75 Å². The zero-order valence-electron chi connectivity index (χ0n) is 83.3. The number of primary amides is 4. The number of nitrogens with one attached hydrogen (secondary N) is 18. The van der Waals surface area contributed by atoms with Crippen LogP contribution in [0.4, 0.5) is 0 Å². The molecule has 2 aliphatic heterocycles. The maximum absolute atomic E-state index is 14.9. The Morgan fingerprint density at radius 1 is 0.435 bits per heavy atom. The predicted molar refractivity (Wildman–Crippen MR) is 518 cm³/mol. The summed E-state index contributed by atoms with van der Waals surface area (Å²) in [5, 5.41) is 90.3. The smallest absolute Gasteiger partial charge is 0.325 e. The van der Waals surface area contributed by atoms with Crippen LogP contribution in [-0.4, -0.2) is 347 Å². The van der Waals surface area contributed by atoms with Crippen molar-refractivity contribution in [2.75, 3.05) is 45.1 Å². The predicted octanol–water partition coefficient (Wildman–Crippen LogP) is -11.3. The number of carboxylic acid groups (broad SMARTS) is 2. The molecule has 57 heteroatoms. The Hall–Kier alpha value is -14.8. The molecule has 2 fully saturated rings. The number of hydrogen-bond acceptors (Lipinski definition) is 31. The fourth-order valence-corrected chi connectivity index (χ4v) is 15.4. The zero-order valence-corrected chi connectivity index (χ0v) is 84.1. The van der Waals surface area contributed by atoms with Gasteiger partial charge in [0.25, 0.3) is 0 Å². The maximum atomic E-state index is 14.9. The molecule has 19 atom stereocenters. The number of H-pyrrole nitrogens is 1. The van der Waals surface area contributed by atoms with Crippen LogP contribution in [0.5, 0.6) is 5.75 Å². The van der Waals surface area contributed by atoms with Crippen molar-refractivity contribution in [1.29, 1.82) is 0 Å². The number of aliphatic hydroxyl groups excluding tert-OH is 2. The van der Waals surface area contributed by atoms with Gasteiger partial charge in [-0.2, -0.15) is 12.6 Å². The number of aliphatic hydroxyl groups is 2. The molecule has 2 aromatic rings. The largest absolute Gasteiger partial charge is 0.508 e. The van der Waals surface area contributed by atoms with Crippen LogP contribution in [0.15, 0.2) is 36.8 Å². The number of aromatic hydroxyl groups is 1. The van der Waals surface area contributed by atoms with Crippen molar-refractivity contribution < 1.29 is 145 Å². The standard InChI is InChI=1S/C90H140N26O30S/c1-11-44(8)70(95)85(140)114-71(42(4)5)86(141)98-35-67(124)97-36-68(125)102-55(31-47-16-18-49(119)19-17-47)79(134)103-52(23-27-69(126)127)75(130)112-60(39-147)83(138)104-50(20-24-63(91)120)74(129)100-45(9)73(128)107-56(32-48-34-96-40-99-48)80(135)110-58(37-117)81(136)106-53(22-26-65(93)122)88(143)116-29-13-15-62(116)89(144)115-28-12-14-61(115)84(139)105-51(21-25-64(92)121)76(131)113-72(43(6)7)87(142)111-59(38-118)82(137)108-54(30-41(2)3)78(133)109-57(33-66(94)123)77(132)101-46(10)90(145)146/h16-19,34,40-46,50-62,70-72,117-119,147H,11-15,20-33,35-39,95H2,1-10H3,(H2,91,120)(H2,92,121)(H2,93,122)(H2,94,123)(H,96,99)(H,97,124)(H,98,141)(H,100,129)(H,101,132)(H,102,125)(H,103,134)(H,104,138)(H,105,139)(H,106,136)(H,107,128)(H,108,137)(H,109,133)(H,110,135)(H,111,142)(H,112,130)(H,113,131)(H,114,140)(H,126,127)(H,145,146)/t44-,45-,46-,50-,51-,52-,53-,54-,55-,56-,57-,58-,59-,60-,61-,62-,70-,71-,72-/m0/s1. The SMILES string of the molecule is CC[C@H](C)[C@H](N)C(=O)N[C@H](C(=O)NCC(=O)NCC(=O)N[C@@H](Cc1ccc(O)cc1)C(=O)N[C@@H](CCC(=O)O)C(=O)N[C@@H](CS)C(=O)N[C@@H](CCC(N)=O)C(=O)N[C@@H](C)C(=O)N[C@@H](Cc1c[nH]cn1)C(=O)N[C@@H](CO)C(=O)N[C@@H](CCC(N)=O)C(=O)N1CCC[C@H]1C(=O)N1CCC[C@H]1C(=O)N[C@@H](CCC(N)=O)C(=O)N[C@H](C(=O)N[C@@H](CO)C(=O)N[C@@H](CC(C)C)C(=O)N[C@@H](CC(N)=O)C(=O)N[C@@H](C)C(=O)O)C(C)C)C(C)C. The molecule has 147 heavy (non-hydrogen) atoms. The normalized spacial score (nSPS) is 16.7. The third kappa shape index (κ3) is 42.1. The van der Waals surface area contributed by atoms with Gasteiger partial charge in [-0.15, -0.1) is 0 Å². The van der Waals surface area contributed by atoms with Gasteiger partial charge in [0.15, 0.2) is 0 Å². The van der Waals surface area contributed by atoms with Gasteiger partial charge < -0.3 is 159 Å². The number of phenols is 1. The number of benzene rings is 1.